The maximum absolute atomic E-state index is 12.6. The monoisotopic (exact) mass is 429 g/mol. The number of nitrogens with one attached hydrogen (secondary N) is 1. The standard InChI is InChI=1S/C22H20ClNO4S/c1-26-17-8-13(9-18(27-2)21(17)28-3)15-10-19(25)24-20-16(11-29-22(15)20)12-4-6-14(23)7-5-12/h4-9,11,15H,10H2,1-3H3,(H,24,25). The van der Waals surface area contributed by atoms with E-state index in [0.717, 1.165) is 27.3 Å². The van der Waals surface area contributed by atoms with Gasteiger partial charge in [-0.15, -0.1) is 11.3 Å². The van der Waals surface area contributed by atoms with Crippen molar-refractivity contribution in [3.63, 3.8) is 0 Å². The molecule has 0 radical (unpaired) electrons. The van der Waals surface area contributed by atoms with E-state index >= 15 is 0 Å². The Morgan fingerprint density at radius 1 is 1.03 bits per heavy atom. The third-order valence-electron chi connectivity index (χ3n) is 5.03. The summed E-state index contributed by atoms with van der Waals surface area (Å²) in [6.07, 6.45) is 0.353. The first-order valence-corrected chi connectivity index (χ1v) is 10.3. The molecule has 5 nitrogen and oxygen atoms in total. The summed E-state index contributed by atoms with van der Waals surface area (Å²) in [6.45, 7) is 0. The second-order valence-electron chi connectivity index (χ2n) is 6.66. The van der Waals surface area contributed by atoms with Crippen molar-refractivity contribution in [3.8, 4) is 28.4 Å². The number of halogens is 1. The van der Waals surface area contributed by atoms with Crippen LogP contribution in [0.25, 0.3) is 11.1 Å². The topological polar surface area (TPSA) is 56.8 Å². The van der Waals surface area contributed by atoms with Crippen molar-refractivity contribution in [3.05, 3.63) is 57.2 Å². The van der Waals surface area contributed by atoms with E-state index in [4.69, 9.17) is 25.8 Å². The normalized spacial score (nSPS) is 15.4. The first-order chi connectivity index (χ1) is 14.0. The van der Waals surface area contributed by atoms with Gasteiger partial charge in [-0.05, 0) is 35.4 Å². The number of fused-ring (bicyclic) bond motifs is 1. The molecule has 0 saturated carbocycles. The molecular weight excluding hydrogens is 410 g/mol. The molecule has 2 aromatic carbocycles. The Balaban J connectivity index is 1.82. The van der Waals surface area contributed by atoms with Crippen molar-refractivity contribution >= 4 is 34.5 Å². The van der Waals surface area contributed by atoms with Crippen LogP contribution in [0.5, 0.6) is 17.2 Å². The molecule has 4 rings (SSSR count). The SMILES string of the molecule is COc1cc(C2CC(=O)Nc3c(-c4ccc(Cl)cc4)csc32)cc(OC)c1OC. The van der Waals surface area contributed by atoms with E-state index in [1.807, 2.05) is 36.4 Å². The molecule has 1 atom stereocenters. The average molecular weight is 430 g/mol. The van der Waals surface area contributed by atoms with Crippen LogP contribution in [0.3, 0.4) is 0 Å². The molecule has 29 heavy (non-hydrogen) atoms. The van der Waals surface area contributed by atoms with E-state index < -0.39 is 0 Å². The first kappa shape index (κ1) is 19.6. The highest BCUT2D eigenvalue weighted by molar-refractivity contribution is 7.11. The van der Waals surface area contributed by atoms with Crippen molar-refractivity contribution in [2.45, 2.75) is 12.3 Å². The van der Waals surface area contributed by atoms with Gasteiger partial charge in [0.15, 0.2) is 11.5 Å². The number of methoxy groups -OCH3 is 3. The van der Waals surface area contributed by atoms with Crippen LogP contribution in [0.4, 0.5) is 5.69 Å². The number of carbonyl (C=O) groups is 1. The molecule has 1 amide bonds. The summed E-state index contributed by atoms with van der Waals surface area (Å²) < 4.78 is 16.4. The van der Waals surface area contributed by atoms with Gasteiger partial charge in [-0.25, -0.2) is 0 Å². The maximum atomic E-state index is 12.6. The number of ether oxygens (including phenoxy) is 3. The number of amides is 1. The number of thiophene rings is 1. The number of carbonyl (C=O) groups excluding carboxylic acids is 1. The number of rotatable bonds is 5. The van der Waals surface area contributed by atoms with E-state index in [9.17, 15) is 4.79 Å². The second kappa shape index (κ2) is 7.97. The van der Waals surface area contributed by atoms with Crippen molar-refractivity contribution in [2.75, 3.05) is 26.6 Å². The molecule has 3 aromatic rings. The number of hydrogen-bond donors (Lipinski definition) is 1. The maximum Gasteiger partial charge on any atom is 0.225 e. The molecule has 0 saturated heterocycles. The van der Waals surface area contributed by atoms with Crippen LogP contribution in [0.2, 0.25) is 5.02 Å². The van der Waals surface area contributed by atoms with Crippen molar-refractivity contribution in [2.24, 2.45) is 0 Å². The Labute approximate surface area is 178 Å². The van der Waals surface area contributed by atoms with Gasteiger partial charge < -0.3 is 19.5 Å². The highest BCUT2D eigenvalue weighted by atomic mass is 35.5. The predicted molar refractivity (Wildman–Crippen MR) is 116 cm³/mol. The lowest BCUT2D eigenvalue weighted by Crippen LogP contribution is -2.22. The molecular formula is C22H20ClNO4S. The Bertz CT molecular complexity index is 1040. The van der Waals surface area contributed by atoms with Crippen molar-refractivity contribution in [1.82, 2.24) is 0 Å². The van der Waals surface area contributed by atoms with E-state index in [0.29, 0.717) is 28.7 Å². The quantitative estimate of drug-likeness (QED) is 0.576. The van der Waals surface area contributed by atoms with Crippen LogP contribution in [-0.4, -0.2) is 27.2 Å². The van der Waals surface area contributed by atoms with Gasteiger partial charge in [-0.2, -0.15) is 0 Å². The van der Waals surface area contributed by atoms with E-state index in [1.165, 1.54) is 0 Å². The summed E-state index contributed by atoms with van der Waals surface area (Å²) in [4.78, 5) is 13.7. The van der Waals surface area contributed by atoms with Gasteiger partial charge in [0.1, 0.15) is 0 Å². The third kappa shape index (κ3) is 3.54. The smallest absolute Gasteiger partial charge is 0.225 e. The van der Waals surface area contributed by atoms with Gasteiger partial charge in [0.2, 0.25) is 11.7 Å². The van der Waals surface area contributed by atoms with Gasteiger partial charge in [-0.1, -0.05) is 23.7 Å². The van der Waals surface area contributed by atoms with Crippen LogP contribution >= 0.6 is 22.9 Å². The molecule has 1 aliphatic rings. The van der Waals surface area contributed by atoms with Crippen LogP contribution in [0, 0.1) is 0 Å². The van der Waals surface area contributed by atoms with Crippen LogP contribution in [0.1, 0.15) is 22.8 Å². The minimum Gasteiger partial charge on any atom is -0.493 e. The van der Waals surface area contributed by atoms with Gasteiger partial charge in [0, 0.05) is 33.2 Å². The lowest BCUT2D eigenvalue weighted by molar-refractivity contribution is -0.116. The lowest BCUT2D eigenvalue weighted by Gasteiger charge is -2.25. The van der Waals surface area contributed by atoms with Crippen molar-refractivity contribution in [1.29, 1.82) is 0 Å². The summed E-state index contributed by atoms with van der Waals surface area (Å²) in [6, 6.07) is 11.4. The Morgan fingerprint density at radius 3 is 2.28 bits per heavy atom. The summed E-state index contributed by atoms with van der Waals surface area (Å²) in [5, 5.41) is 5.80. The van der Waals surface area contributed by atoms with Crippen LogP contribution in [-0.2, 0) is 4.79 Å². The molecule has 0 bridgehead atoms. The minimum absolute atomic E-state index is 0.0233. The van der Waals surface area contributed by atoms with E-state index in [1.54, 1.807) is 32.7 Å². The number of benzene rings is 2. The Kier molecular flexibility index (Phi) is 5.39. The van der Waals surface area contributed by atoms with Gasteiger partial charge in [-0.3, -0.25) is 4.79 Å². The largest absolute Gasteiger partial charge is 0.493 e. The Hall–Kier alpha value is -2.70. The zero-order valence-corrected chi connectivity index (χ0v) is 17.8. The minimum atomic E-state index is -0.0986. The lowest BCUT2D eigenvalue weighted by atomic mass is 9.88. The number of hydrogen-bond acceptors (Lipinski definition) is 5. The molecule has 2 heterocycles. The van der Waals surface area contributed by atoms with Crippen LogP contribution < -0.4 is 19.5 Å². The third-order valence-corrected chi connectivity index (χ3v) is 6.38. The molecule has 0 spiro atoms. The zero-order valence-electron chi connectivity index (χ0n) is 16.2. The molecule has 1 unspecified atom stereocenters. The number of anilines is 1. The van der Waals surface area contributed by atoms with Gasteiger partial charge in [0.05, 0.1) is 27.0 Å². The Morgan fingerprint density at radius 2 is 1.69 bits per heavy atom. The highest BCUT2D eigenvalue weighted by Crippen LogP contribution is 2.49. The highest BCUT2D eigenvalue weighted by Gasteiger charge is 2.31. The molecule has 0 aliphatic carbocycles. The molecule has 1 aromatic heterocycles. The summed E-state index contributed by atoms with van der Waals surface area (Å²) >= 11 is 7.66. The fourth-order valence-electron chi connectivity index (χ4n) is 3.64. The molecule has 0 fully saturated rings. The van der Waals surface area contributed by atoms with E-state index in [-0.39, 0.29) is 11.8 Å². The zero-order chi connectivity index (χ0) is 20.5. The summed E-state index contributed by atoms with van der Waals surface area (Å²) in [7, 11) is 4.75. The fourth-order valence-corrected chi connectivity index (χ4v) is 4.93. The average Bonchev–Trinajstić information content (AvgIpc) is 3.16. The van der Waals surface area contributed by atoms with Crippen molar-refractivity contribution < 1.29 is 19.0 Å². The molecule has 7 heteroatoms. The summed E-state index contributed by atoms with van der Waals surface area (Å²) in [5.41, 5.74) is 3.80. The summed E-state index contributed by atoms with van der Waals surface area (Å²) in [5.74, 6) is 1.56. The fraction of sp³-hybridized carbons (Fsp3) is 0.227. The first-order valence-electron chi connectivity index (χ1n) is 9.02. The van der Waals surface area contributed by atoms with Gasteiger partial charge in [0.25, 0.3) is 0 Å². The molecule has 1 aliphatic heterocycles. The second-order valence-corrected chi connectivity index (χ2v) is 8.01. The van der Waals surface area contributed by atoms with Crippen LogP contribution in [0.15, 0.2) is 41.8 Å². The van der Waals surface area contributed by atoms with Gasteiger partial charge >= 0.3 is 0 Å². The molecule has 1 N–H and O–H groups in total. The predicted octanol–water partition coefficient (Wildman–Crippen LogP) is 5.57. The van der Waals surface area contributed by atoms with E-state index in [2.05, 4.69) is 10.7 Å². The molecule has 150 valence electrons.